The Balaban J connectivity index is 1.27. The van der Waals surface area contributed by atoms with Crippen LogP contribution in [-0.2, 0) is 6.42 Å². The molecule has 0 saturated carbocycles. The van der Waals surface area contributed by atoms with E-state index in [-0.39, 0.29) is 0 Å². The maximum atomic E-state index is 5.19. The van der Waals surface area contributed by atoms with Crippen LogP contribution in [0.5, 0.6) is 0 Å². The first-order valence-corrected chi connectivity index (χ1v) is 16.2. The normalized spacial score (nSPS) is 18.1. The lowest BCUT2D eigenvalue weighted by Crippen LogP contribution is -2.07. The summed E-state index contributed by atoms with van der Waals surface area (Å²) < 4.78 is 2.49. The number of allylic oxidation sites excluding steroid dienone is 4. The van der Waals surface area contributed by atoms with Gasteiger partial charge in [0.2, 0.25) is 0 Å². The summed E-state index contributed by atoms with van der Waals surface area (Å²) in [6.07, 6.45) is 13.3. The van der Waals surface area contributed by atoms with Crippen LogP contribution in [-0.4, -0.2) is 19.8 Å². The van der Waals surface area contributed by atoms with Crippen molar-refractivity contribution in [2.45, 2.75) is 28.9 Å². The molecule has 1 aliphatic heterocycles. The standard InChI is InChI=1S/C40H29N3S/c1-4-12-26(13-5-1)33-25-34(27-14-6-2-7-15-27)42-40(41-33)28-20-22-35-32(24-28)38-36(43(35)29-16-8-3-9-17-29)23-21-31-30-18-10-11-19-37(30)44-39(31)38/h1-19,21,23-25,30,37H,20,22H2. The molecule has 2 aromatic heterocycles. The Bertz CT molecular complexity index is 2080. The molecule has 9 rings (SSSR count). The van der Waals surface area contributed by atoms with Crippen molar-refractivity contribution in [1.82, 2.24) is 14.5 Å². The SMILES string of the molecule is C1=CC2Sc3c(ccc4c3c3c(n4-c4ccccc4)CCC(c4nc(-c5ccccc5)cc(-c5ccccc5)n4)=C3)C2C=C1. The fraction of sp³-hybridized carbons (Fsp3) is 0.100. The van der Waals surface area contributed by atoms with Crippen LogP contribution in [0.15, 0.2) is 138 Å². The first-order valence-electron chi connectivity index (χ1n) is 15.3. The van der Waals surface area contributed by atoms with Crippen LogP contribution >= 0.6 is 11.8 Å². The Kier molecular flexibility index (Phi) is 6.02. The van der Waals surface area contributed by atoms with Crippen LogP contribution < -0.4 is 0 Å². The quantitative estimate of drug-likeness (QED) is 0.207. The number of hydrogen-bond donors (Lipinski definition) is 0. The van der Waals surface area contributed by atoms with E-state index >= 15 is 0 Å². The molecule has 3 nitrogen and oxygen atoms in total. The molecule has 4 heteroatoms. The Morgan fingerprint density at radius 1 is 0.682 bits per heavy atom. The molecule has 0 fully saturated rings. The molecule has 3 aliphatic rings. The largest absolute Gasteiger partial charge is 0.313 e. The summed E-state index contributed by atoms with van der Waals surface area (Å²) in [6, 6.07) is 38.6. The molecular weight excluding hydrogens is 555 g/mol. The molecule has 3 heterocycles. The third-order valence-electron chi connectivity index (χ3n) is 9.07. The summed E-state index contributed by atoms with van der Waals surface area (Å²) in [5.41, 5.74) is 11.9. The number of para-hydroxylation sites is 1. The van der Waals surface area contributed by atoms with Crippen molar-refractivity contribution in [3.8, 4) is 28.2 Å². The molecule has 44 heavy (non-hydrogen) atoms. The van der Waals surface area contributed by atoms with Gasteiger partial charge in [-0.3, -0.25) is 0 Å². The molecule has 2 aliphatic carbocycles. The molecule has 4 aromatic carbocycles. The second-order valence-corrected chi connectivity index (χ2v) is 12.8. The highest BCUT2D eigenvalue weighted by Gasteiger charge is 2.35. The molecule has 0 amide bonds. The van der Waals surface area contributed by atoms with Gasteiger partial charge in [0.25, 0.3) is 0 Å². The van der Waals surface area contributed by atoms with Crippen LogP contribution in [0.25, 0.3) is 50.8 Å². The van der Waals surface area contributed by atoms with Crippen molar-refractivity contribution >= 4 is 34.3 Å². The summed E-state index contributed by atoms with van der Waals surface area (Å²) in [6.45, 7) is 0. The molecule has 0 bridgehead atoms. The molecule has 210 valence electrons. The molecule has 6 aromatic rings. The minimum Gasteiger partial charge on any atom is -0.313 e. The zero-order chi connectivity index (χ0) is 29.0. The smallest absolute Gasteiger partial charge is 0.156 e. The van der Waals surface area contributed by atoms with E-state index in [0.29, 0.717) is 11.2 Å². The van der Waals surface area contributed by atoms with E-state index < -0.39 is 0 Å². The topological polar surface area (TPSA) is 30.7 Å². The number of thioether (sulfide) groups is 1. The number of aromatic nitrogens is 3. The first kappa shape index (κ1) is 25.6. The molecule has 0 spiro atoms. The van der Waals surface area contributed by atoms with Crippen molar-refractivity contribution in [2.24, 2.45) is 0 Å². The van der Waals surface area contributed by atoms with Gasteiger partial charge in [-0.1, -0.05) is 109 Å². The number of benzene rings is 4. The predicted octanol–water partition coefficient (Wildman–Crippen LogP) is 9.93. The van der Waals surface area contributed by atoms with Gasteiger partial charge in [0.1, 0.15) is 0 Å². The van der Waals surface area contributed by atoms with Crippen molar-refractivity contribution in [2.75, 3.05) is 0 Å². The van der Waals surface area contributed by atoms with E-state index in [1.807, 2.05) is 11.8 Å². The average Bonchev–Trinajstić information content (AvgIpc) is 3.64. The van der Waals surface area contributed by atoms with E-state index in [1.54, 1.807) is 0 Å². The van der Waals surface area contributed by atoms with Crippen LogP contribution in [0, 0.1) is 0 Å². The fourth-order valence-electron chi connectivity index (χ4n) is 7.00. The van der Waals surface area contributed by atoms with E-state index in [4.69, 9.17) is 9.97 Å². The lowest BCUT2D eigenvalue weighted by Gasteiger charge is -2.18. The van der Waals surface area contributed by atoms with E-state index in [1.165, 1.54) is 43.9 Å². The highest BCUT2D eigenvalue weighted by Crippen LogP contribution is 2.53. The summed E-state index contributed by atoms with van der Waals surface area (Å²) in [4.78, 5) is 11.8. The molecule has 2 atom stereocenters. The maximum absolute atomic E-state index is 5.19. The van der Waals surface area contributed by atoms with Crippen LogP contribution in [0.4, 0.5) is 0 Å². The van der Waals surface area contributed by atoms with Gasteiger partial charge in [-0.2, -0.15) is 0 Å². The zero-order valence-corrected chi connectivity index (χ0v) is 24.9. The summed E-state index contributed by atoms with van der Waals surface area (Å²) in [7, 11) is 0. The molecule has 0 saturated heterocycles. The Morgan fingerprint density at radius 2 is 1.34 bits per heavy atom. The van der Waals surface area contributed by atoms with Crippen molar-refractivity contribution < 1.29 is 0 Å². The van der Waals surface area contributed by atoms with Gasteiger partial charge in [0.05, 0.1) is 16.9 Å². The van der Waals surface area contributed by atoms with Crippen LogP contribution in [0.2, 0.25) is 0 Å². The second-order valence-electron chi connectivity index (χ2n) is 11.7. The van der Waals surface area contributed by atoms with Gasteiger partial charge in [-0.25, -0.2) is 9.97 Å². The van der Waals surface area contributed by atoms with Gasteiger partial charge in [-0.15, -0.1) is 11.8 Å². The van der Waals surface area contributed by atoms with E-state index in [9.17, 15) is 0 Å². The van der Waals surface area contributed by atoms with Gasteiger partial charge >= 0.3 is 0 Å². The molecule has 0 N–H and O–H groups in total. The van der Waals surface area contributed by atoms with Crippen molar-refractivity contribution in [3.05, 3.63) is 156 Å². The van der Waals surface area contributed by atoms with Crippen LogP contribution in [0.3, 0.4) is 0 Å². The molecular formula is C40H29N3S. The zero-order valence-electron chi connectivity index (χ0n) is 24.1. The summed E-state index contributed by atoms with van der Waals surface area (Å²) in [5.74, 6) is 1.24. The Labute approximate surface area is 261 Å². The predicted molar refractivity (Wildman–Crippen MR) is 183 cm³/mol. The van der Waals surface area contributed by atoms with E-state index in [2.05, 4.69) is 144 Å². The summed E-state index contributed by atoms with van der Waals surface area (Å²) in [5, 5.41) is 1.81. The van der Waals surface area contributed by atoms with Crippen LogP contribution in [0.1, 0.15) is 35.0 Å². The molecule has 2 unspecified atom stereocenters. The van der Waals surface area contributed by atoms with E-state index in [0.717, 1.165) is 41.2 Å². The van der Waals surface area contributed by atoms with Gasteiger partial charge in [0, 0.05) is 49.5 Å². The summed E-state index contributed by atoms with van der Waals surface area (Å²) >= 11 is 2.02. The third-order valence-corrected chi connectivity index (χ3v) is 10.5. The average molecular weight is 584 g/mol. The van der Waals surface area contributed by atoms with Gasteiger partial charge < -0.3 is 4.57 Å². The highest BCUT2D eigenvalue weighted by molar-refractivity contribution is 8.00. The van der Waals surface area contributed by atoms with Gasteiger partial charge in [0.15, 0.2) is 5.82 Å². The highest BCUT2D eigenvalue weighted by atomic mass is 32.2. The Morgan fingerprint density at radius 3 is 2.05 bits per heavy atom. The minimum atomic E-state index is 0.423. The fourth-order valence-corrected chi connectivity index (χ4v) is 8.50. The van der Waals surface area contributed by atoms with Crippen molar-refractivity contribution in [3.63, 3.8) is 0 Å². The third kappa shape index (κ3) is 4.13. The maximum Gasteiger partial charge on any atom is 0.156 e. The number of nitrogens with zero attached hydrogens (tertiary/aromatic N) is 3. The second kappa shape index (κ2) is 10.4. The molecule has 0 radical (unpaired) electrons. The number of fused-ring (bicyclic) bond motifs is 7. The lowest BCUT2D eigenvalue weighted by atomic mass is 9.90. The minimum absolute atomic E-state index is 0.423. The number of hydrogen-bond acceptors (Lipinski definition) is 3. The number of rotatable bonds is 4. The first-order chi connectivity index (χ1) is 21.8. The Hall–Kier alpha value is -4.93. The van der Waals surface area contributed by atoms with Gasteiger partial charge in [-0.05, 0) is 54.3 Å². The lowest BCUT2D eigenvalue weighted by molar-refractivity contribution is 0.882. The van der Waals surface area contributed by atoms with Crippen molar-refractivity contribution in [1.29, 1.82) is 0 Å². The monoisotopic (exact) mass is 583 g/mol.